The third-order valence-corrected chi connectivity index (χ3v) is 3.87. The molecular formula is C13H4F5NO3S. The van der Waals surface area contributed by atoms with Crippen LogP contribution in [0.1, 0.15) is 5.56 Å². The predicted octanol–water partition coefficient (Wildman–Crippen LogP) is 3.02. The molecule has 23 heavy (non-hydrogen) atoms. The summed E-state index contributed by atoms with van der Waals surface area (Å²) in [4.78, 5) is -0.638. The predicted molar refractivity (Wildman–Crippen MR) is 65.2 cm³/mol. The van der Waals surface area contributed by atoms with Gasteiger partial charge in [-0.15, -0.1) is 0 Å². The van der Waals surface area contributed by atoms with E-state index < -0.39 is 49.8 Å². The lowest BCUT2D eigenvalue weighted by atomic mass is 10.2. The SMILES string of the molecule is N#Cc1ccc(S(=O)(=O)Oc2c(F)c(F)c(F)c(F)c2F)cc1. The summed E-state index contributed by atoms with van der Waals surface area (Å²) in [6.45, 7) is 0. The Balaban J connectivity index is 2.51. The van der Waals surface area contributed by atoms with Crippen LogP contribution in [0.2, 0.25) is 0 Å². The van der Waals surface area contributed by atoms with E-state index in [2.05, 4.69) is 4.18 Å². The van der Waals surface area contributed by atoms with Crippen molar-refractivity contribution in [1.29, 1.82) is 5.26 Å². The van der Waals surface area contributed by atoms with Gasteiger partial charge < -0.3 is 4.18 Å². The summed E-state index contributed by atoms with van der Waals surface area (Å²) < 4.78 is 93.4. The molecule has 4 nitrogen and oxygen atoms in total. The van der Waals surface area contributed by atoms with E-state index in [0.29, 0.717) is 0 Å². The highest BCUT2D eigenvalue weighted by atomic mass is 32.2. The van der Waals surface area contributed by atoms with Crippen LogP contribution < -0.4 is 4.18 Å². The fraction of sp³-hybridized carbons (Fsp3) is 0. The number of hydrogen-bond acceptors (Lipinski definition) is 4. The Morgan fingerprint density at radius 2 is 1.26 bits per heavy atom. The zero-order valence-corrected chi connectivity index (χ0v) is 11.6. The maximum Gasteiger partial charge on any atom is 0.339 e. The van der Waals surface area contributed by atoms with Gasteiger partial charge >= 0.3 is 10.1 Å². The van der Waals surface area contributed by atoms with E-state index in [-0.39, 0.29) is 5.56 Å². The fourth-order valence-electron chi connectivity index (χ4n) is 1.51. The van der Waals surface area contributed by atoms with Crippen LogP contribution in [0, 0.1) is 40.4 Å². The highest BCUT2D eigenvalue weighted by Gasteiger charge is 2.30. The summed E-state index contributed by atoms with van der Waals surface area (Å²) in [6.07, 6.45) is 0. The van der Waals surface area contributed by atoms with Crippen LogP contribution in [0.15, 0.2) is 29.2 Å². The molecule has 0 aliphatic rings. The molecule has 0 radical (unpaired) electrons. The van der Waals surface area contributed by atoms with E-state index in [0.717, 1.165) is 24.3 Å². The van der Waals surface area contributed by atoms with Gasteiger partial charge in [0, 0.05) is 0 Å². The molecule has 120 valence electrons. The topological polar surface area (TPSA) is 67.2 Å². The standard InChI is InChI=1S/C13H4F5NO3S/c14-8-9(15)11(17)13(12(18)10(8)16)22-23(20,21)7-3-1-6(5-19)2-4-7/h1-4H. The maximum absolute atomic E-state index is 13.4. The van der Waals surface area contributed by atoms with Crippen LogP contribution in [-0.4, -0.2) is 8.42 Å². The summed E-state index contributed by atoms with van der Waals surface area (Å²) in [7, 11) is -4.87. The molecule has 10 heteroatoms. The third-order valence-electron chi connectivity index (χ3n) is 2.63. The van der Waals surface area contributed by atoms with E-state index in [1.165, 1.54) is 0 Å². The van der Waals surface area contributed by atoms with Crippen LogP contribution in [0.4, 0.5) is 22.0 Å². The Morgan fingerprint density at radius 3 is 1.70 bits per heavy atom. The van der Waals surface area contributed by atoms with Gasteiger partial charge in [-0.25, -0.2) is 13.2 Å². The zero-order valence-electron chi connectivity index (χ0n) is 10.8. The second-order valence-corrected chi connectivity index (χ2v) is 5.62. The maximum atomic E-state index is 13.4. The molecule has 0 saturated heterocycles. The minimum absolute atomic E-state index is 0.0835. The number of benzene rings is 2. The Bertz CT molecular complexity index is 891. The second-order valence-electron chi connectivity index (χ2n) is 4.07. The Kier molecular flexibility index (Phi) is 4.24. The number of nitriles is 1. The van der Waals surface area contributed by atoms with Gasteiger partial charge in [0.25, 0.3) is 0 Å². The van der Waals surface area contributed by atoms with Gasteiger partial charge in [-0.1, -0.05) is 0 Å². The van der Waals surface area contributed by atoms with Gasteiger partial charge in [0.1, 0.15) is 4.90 Å². The second kappa shape index (κ2) is 5.85. The molecule has 0 saturated carbocycles. The zero-order chi connectivity index (χ0) is 17.4. The smallest absolute Gasteiger partial charge is 0.339 e. The molecule has 0 bridgehead atoms. The van der Waals surface area contributed by atoms with Crippen molar-refractivity contribution in [3.63, 3.8) is 0 Å². The molecule has 0 atom stereocenters. The lowest BCUT2D eigenvalue weighted by Gasteiger charge is -2.10. The average Bonchev–Trinajstić information content (AvgIpc) is 2.55. The lowest BCUT2D eigenvalue weighted by Crippen LogP contribution is -2.14. The molecule has 0 amide bonds. The largest absolute Gasteiger partial charge is 0.372 e. The molecule has 2 rings (SSSR count). The van der Waals surface area contributed by atoms with Gasteiger partial charge in [0.2, 0.25) is 34.8 Å². The summed E-state index contributed by atoms with van der Waals surface area (Å²) in [5, 5.41) is 8.58. The lowest BCUT2D eigenvalue weighted by molar-refractivity contribution is 0.346. The van der Waals surface area contributed by atoms with Crippen LogP contribution in [0.3, 0.4) is 0 Å². The number of hydrogen-bond donors (Lipinski definition) is 0. The third kappa shape index (κ3) is 2.95. The summed E-state index contributed by atoms with van der Waals surface area (Å²) in [6, 6.07) is 5.58. The molecule has 2 aromatic rings. The summed E-state index contributed by atoms with van der Waals surface area (Å²) in [5.41, 5.74) is 0.0835. The van der Waals surface area contributed by atoms with Crippen molar-refractivity contribution in [3.05, 3.63) is 58.9 Å². The highest BCUT2D eigenvalue weighted by molar-refractivity contribution is 7.87. The van der Waals surface area contributed by atoms with Crippen LogP contribution >= 0.6 is 0 Å². The van der Waals surface area contributed by atoms with E-state index in [1.807, 2.05) is 0 Å². The molecule has 2 aromatic carbocycles. The number of nitrogens with zero attached hydrogens (tertiary/aromatic N) is 1. The van der Waals surface area contributed by atoms with Crippen molar-refractivity contribution in [2.75, 3.05) is 0 Å². The molecule has 0 aliphatic carbocycles. The van der Waals surface area contributed by atoms with Crippen LogP contribution in [0.5, 0.6) is 5.75 Å². The van der Waals surface area contributed by atoms with Gasteiger partial charge in [0.15, 0.2) is 0 Å². The Labute approximate surface area is 126 Å². The first-order valence-corrected chi connectivity index (χ1v) is 7.06. The Morgan fingerprint density at radius 1 is 0.826 bits per heavy atom. The Hall–Kier alpha value is -2.67. The number of halogens is 5. The normalized spacial score (nSPS) is 11.1. The first-order valence-electron chi connectivity index (χ1n) is 5.65. The first kappa shape index (κ1) is 16.7. The molecule has 0 aliphatic heterocycles. The van der Waals surface area contributed by atoms with Crippen molar-refractivity contribution >= 4 is 10.1 Å². The summed E-state index contributed by atoms with van der Waals surface area (Å²) in [5.74, 6) is -13.9. The van der Waals surface area contributed by atoms with Crippen molar-refractivity contribution < 1.29 is 34.6 Å². The minimum Gasteiger partial charge on any atom is -0.372 e. The van der Waals surface area contributed by atoms with Gasteiger partial charge in [-0.3, -0.25) is 0 Å². The van der Waals surface area contributed by atoms with E-state index >= 15 is 0 Å². The van der Waals surface area contributed by atoms with Crippen molar-refractivity contribution in [1.82, 2.24) is 0 Å². The molecule has 0 N–H and O–H groups in total. The van der Waals surface area contributed by atoms with Crippen LogP contribution in [0.25, 0.3) is 0 Å². The average molecular weight is 349 g/mol. The van der Waals surface area contributed by atoms with Crippen molar-refractivity contribution in [2.45, 2.75) is 4.90 Å². The highest BCUT2D eigenvalue weighted by Crippen LogP contribution is 2.31. The molecule has 0 fully saturated rings. The van der Waals surface area contributed by atoms with Crippen LogP contribution in [-0.2, 0) is 10.1 Å². The molecule has 0 aromatic heterocycles. The quantitative estimate of drug-likeness (QED) is 0.370. The van der Waals surface area contributed by atoms with E-state index in [4.69, 9.17) is 5.26 Å². The van der Waals surface area contributed by atoms with Crippen molar-refractivity contribution in [3.8, 4) is 11.8 Å². The molecule has 0 unspecified atom stereocenters. The van der Waals surface area contributed by atoms with Gasteiger partial charge in [-0.05, 0) is 24.3 Å². The fourth-order valence-corrected chi connectivity index (χ4v) is 2.44. The van der Waals surface area contributed by atoms with Crippen molar-refractivity contribution in [2.24, 2.45) is 0 Å². The monoisotopic (exact) mass is 349 g/mol. The molecule has 0 heterocycles. The molecule has 0 spiro atoms. The minimum atomic E-state index is -4.87. The first-order chi connectivity index (χ1) is 10.7. The van der Waals surface area contributed by atoms with E-state index in [1.54, 1.807) is 6.07 Å². The number of rotatable bonds is 3. The van der Waals surface area contributed by atoms with Gasteiger partial charge in [0.05, 0.1) is 11.6 Å². The van der Waals surface area contributed by atoms with E-state index in [9.17, 15) is 30.4 Å². The summed E-state index contributed by atoms with van der Waals surface area (Å²) >= 11 is 0. The van der Waals surface area contributed by atoms with Gasteiger partial charge in [-0.2, -0.15) is 22.5 Å². The molecular weight excluding hydrogens is 345 g/mol.